The SMILES string of the molecule is COCC(O)CN(C)c1cc(C)c([N+](=O)[O-])cn1. The molecule has 0 bridgehead atoms. The average Bonchev–Trinajstić information content (AvgIpc) is 2.28. The molecule has 1 aromatic rings. The van der Waals surface area contributed by atoms with Gasteiger partial charge in [0.25, 0.3) is 5.69 Å². The minimum atomic E-state index is -0.628. The number of nitrogens with zero attached hydrogens (tertiary/aromatic N) is 3. The number of aryl methyl sites for hydroxylation is 1. The number of pyridine rings is 1. The topological polar surface area (TPSA) is 88.7 Å². The molecule has 1 N–H and O–H groups in total. The summed E-state index contributed by atoms with van der Waals surface area (Å²) in [5.41, 5.74) is 0.530. The maximum atomic E-state index is 10.7. The first-order valence-corrected chi connectivity index (χ1v) is 5.45. The molecule has 0 saturated heterocycles. The molecule has 0 fully saturated rings. The molecule has 0 aliphatic rings. The van der Waals surface area contributed by atoms with Gasteiger partial charge in [-0.2, -0.15) is 0 Å². The Labute approximate surface area is 105 Å². The Kier molecular flexibility index (Phi) is 4.99. The van der Waals surface area contributed by atoms with Crippen LogP contribution in [0.3, 0.4) is 0 Å². The molecule has 18 heavy (non-hydrogen) atoms. The highest BCUT2D eigenvalue weighted by molar-refractivity contribution is 5.48. The first-order chi connectivity index (χ1) is 8.45. The summed E-state index contributed by atoms with van der Waals surface area (Å²) < 4.78 is 4.83. The molecule has 7 heteroatoms. The van der Waals surface area contributed by atoms with E-state index in [-0.39, 0.29) is 12.3 Å². The lowest BCUT2D eigenvalue weighted by Crippen LogP contribution is -2.32. The van der Waals surface area contributed by atoms with Crippen molar-refractivity contribution in [2.24, 2.45) is 0 Å². The number of hydrogen-bond donors (Lipinski definition) is 1. The highest BCUT2D eigenvalue weighted by Gasteiger charge is 2.15. The van der Waals surface area contributed by atoms with Crippen LogP contribution < -0.4 is 4.90 Å². The molecule has 100 valence electrons. The molecule has 0 aliphatic carbocycles. The van der Waals surface area contributed by atoms with Gasteiger partial charge in [0.1, 0.15) is 12.0 Å². The zero-order valence-corrected chi connectivity index (χ0v) is 10.7. The summed E-state index contributed by atoms with van der Waals surface area (Å²) in [4.78, 5) is 15.9. The van der Waals surface area contributed by atoms with Crippen molar-refractivity contribution >= 4 is 11.5 Å². The fourth-order valence-electron chi connectivity index (χ4n) is 1.59. The van der Waals surface area contributed by atoms with E-state index in [9.17, 15) is 15.2 Å². The summed E-state index contributed by atoms with van der Waals surface area (Å²) in [7, 11) is 3.27. The third kappa shape index (κ3) is 3.64. The van der Waals surface area contributed by atoms with Gasteiger partial charge in [0.2, 0.25) is 0 Å². The van der Waals surface area contributed by atoms with Crippen molar-refractivity contribution in [1.29, 1.82) is 0 Å². The molecule has 0 aliphatic heterocycles. The Balaban J connectivity index is 2.78. The van der Waals surface area contributed by atoms with Gasteiger partial charge >= 0.3 is 0 Å². The van der Waals surface area contributed by atoms with Crippen LogP contribution >= 0.6 is 0 Å². The summed E-state index contributed by atoms with van der Waals surface area (Å²) in [5.74, 6) is 0.577. The predicted molar refractivity (Wildman–Crippen MR) is 66.8 cm³/mol. The average molecular weight is 255 g/mol. The van der Waals surface area contributed by atoms with Crippen LogP contribution in [0.4, 0.5) is 11.5 Å². The van der Waals surface area contributed by atoms with Gasteiger partial charge in [-0.1, -0.05) is 0 Å². The van der Waals surface area contributed by atoms with E-state index in [1.165, 1.54) is 13.3 Å². The largest absolute Gasteiger partial charge is 0.389 e. The molecule has 1 rings (SSSR count). The Morgan fingerprint density at radius 1 is 1.67 bits per heavy atom. The number of aliphatic hydroxyl groups is 1. The minimum absolute atomic E-state index is 0.00964. The van der Waals surface area contributed by atoms with Crippen LogP contribution in [0.2, 0.25) is 0 Å². The minimum Gasteiger partial charge on any atom is -0.389 e. The van der Waals surface area contributed by atoms with Crippen molar-refractivity contribution in [3.05, 3.63) is 27.9 Å². The number of ether oxygens (including phenoxy) is 1. The quantitative estimate of drug-likeness (QED) is 0.595. The Bertz CT molecular complexity index is 425. The van der Waals surface area contributed by atoms with Gasteiger partial charge in [0.15, 0.2) is 0 Å². The molecule has 0 spiro atoms. The van der Waals surface area contributed by atoms with Crippen LogP contribution in [-0.2, 0) is 4.74 Å². The molecule has 1 atom stereocenters. The van der Waals surface area contributed by atoms with Crippen molar-refractivity contribution < 1.29 is 14.8 Å². The van der Waals surface area contributed by atoms with E-state index in [4.69, 9.17) is 4.74 Å². The highest BCUT2D eigenvalue weighted by Crippen LogP contribution is 2.20. The zero-order valence-electron chi connectivity index (χ0n) is 10.7. The summed E-state index contributed by atoms with van der Waals surface area (Å²) in [6.07, 6.45) is 0.599. The molecule has 0 aromatic carbocycles. The highest BCUT2D eigenvalue weighted by atomic mass is 16.6. The molecule has 7 nitrogen and oxygen atoms in total. The first-order valence-electron chi connectivity index (χ1n) is 5.45. The van der Waals surface area contributed by atoms with Gasteiger partial charge in [0.05, 0.1) is 17.6 Å². The van der Waals surface area contributed by atoms with E-state index in [0.29, 0.717) is 17.9 Å². The van der Waals surface area contributed by atoms with Crippen LogP contribution in [-0.4, -0.2) is 48.4 Å². The molecule has 0 amide bonds. The third-order valence-corrected chi connectivity index (χ3v) is 2.50. The number of rotatable bonds is 6. The van der Waals surface area contributed by atoms with Crippen molar-refractivity contribution in [1.82, 2.24) is 4.98 Å². The van der Waals surface area contributed by atoms with Crippen molar-refractivity contribution in [3.63, 3.8) is 0 Å². The number of hydrogen-bond acceptors (Lipinski definition) is 6. The molecule has 0 saturated carbocycles. The predicted octanol–water partition coefficient (Wildman–Crippen LogP) is 0.742. The Morgan fingerprint density at radius 3 is 2.83 bits per heavy atom. The fourth-order valence-corrected chi connectivity index (χ4v) is 1.59. The van der Waals surface area contributed by atoms with E-state index in [2.05, 4.69) is 4.98 Å². The van der Waals surface area contributed by atoms with Crippen molar-refractivity contribution in [2.75, 3.05) is 32.2 Å². The molecule has 1 unspecified atom stereocenters. The molecular weight excluding hydrogens is 238 g/mol. The monoisotopic (exact) mass is 255 g/mol. The van der Waals surface area contributed by atoms with E-state index in [0.717, 1.165) is 0 Å². The van der Waals surface area contributed by atoms with Crippen LogP contribution in [0.25, 0.3) is 0 Å². The third-order valence-electron chi connectivity index (χ3n) is 2.50. The Morgan fingerprint density at radius 2 is 2.33 bits per heavy atom. The summed E-state index contributed by atoms with van der Waals surface area (Å²) in [6.45, 7) is 2.23. The van der Waals surface area contributed by atoms with Crippen LogP contribution in [0, 0.1) is 17.0 Å². The Hall–Kier alpha value is -1.73. The van der Waals surface area contributed by atoms with E-state index >= 15 is 0 Å². The van der Waals surface area contributed by atoms with Crippen molar-refractivity contribution in [2.45, 2.75) is 13.0 Å². The maximum absolute atomic E-state index is 10.7. The van der Waals surface area contributed by atoms with Gasteiger partial charge in [0, 0.05) is 26.3 Å². The van der Waals surface area contributed by atoms with Crippen molar-refractivity contribution in [3.8, 4) is 0 Å². The first kappa shape index (κ1) is 14.3. The second-order valence-electron chi connectivity index (χ2n) is 4.08. The smallest absolute Gasteiger partial charge is 0.290 e. The number of aliphatic hydroxyl groups excluding tert-OH is 1. The number of methoxy groups -OCH3 is 1. The lowest BCUT2D eigenvalue weighted by molar-refractivity contribution is -0.385. The summed E-state index contributed by atoms with van der Waals surface area (Å²) >= 11 is 0. The van der Waals surface area contributed by atoms with Gasteiger partial charge < -0.3 is 14.7 Å². The molecule has 0 radical (unpaired) electrons. The molecule has 1 aromatic heterocycles. The van der Waals surface area contributed by atoms with Gasteiger partial charge in [-0.3, -0.25) is 10.1 Å². The standard InChI is InChI=1S/C11H17N3O4/c1-8-4-11(12-5-10(8)14(16)17)13(2)6-9(15)7-18-3/h4-5,9,15H,6-7H2,1-3H3. The van der Waals surface area contributed by atoms with Crippen LogP contribution in [0.5, 0.6) is 0 Å². The number of anilines is 1. The lowest BCUT2D eigenvalue weighted by Gasteiger charge is -2.21. The normalized spacial score (nSPS) is 12.2. The zero-order chi connectivity index (χ0) is 13.7. The van der Waals surface area contributed by atoms with Gasteiger partial charge in [-0.25, -0.2) is 4.98 Å². The van der Waals surface area contributed by atoms with E-state index in [1.54, 1.807) is 24.9 Å². The number of likely N-dealkylation sites (N-methyl/N-ethyl adjacent to an activating group) is 1. The van der Waals surface area contributed by atoms with E-state index in [1.807, 2.05) is 0 Å². The second kappa shape index (κ2) is 6.27. The lowest BCUT2D eigenvalue weighted by atomic mass is 10.2. The van der Waals surface area contributed by atoms with E-state index < -0.39 is 11.0 Å². The summed E-state index contributed by atoms with van der Waals surface area (Å²) in [5, 5.41) is 20.3. The maximum Gasteiger partial charge on any atom is 0.290 e. The fraction of sp³-hybridized carbons (Fsp3) is 0.545. The van der Waals surface area contributed by atoms with Crippen LogP contribution in [0.15, 0.2) is 12.3 Å². The second-order valence-corrected chi connectivity index (χ2v) is 4.08. The number of nitro groups is 1. The molecule has 1 heterocycles. The van der Waals surface area contributed by atoms with Gasteiger partial charge in [-0.05, 0) is 13.0 Å². The molecular formula is C11H17N3O4. The van der Waals surface area contributed by atoms with Crippen LogP contribution in [0.1, 0.15) is 5.56 Å². The summed E-state index contributed by atoms with van der Waals surface area (Å²) in [6, 6.07) is 1.62. The van der Waals surface area contributed by atoms with Gasteiger partial charge in [-0.15, -0.1) is 0 Å². The number of aromatic nitrogens is 1.